The first-order chi connectivity index (χ1) is 8.89. The van der Waals surface area contributed by atoms with Gasteiger partial charge in [0, 0.05) is 0 Å². The molecule has 1 aliphatic rings. The Hall–Kier alpha value is -1.57. The lowest BCUT2D eigenvalue weighted by Crippen LogP contribution is -2.27. The Kier molecular flexibility index (Phi) is 3.53. The summed E-state index contributed by atoms with van der Waals surface area (Å²) in [7, 11) is 0. The molecule has 102 valence electrons. The van der Waals surface area contributed by atoms with Crippen molar-refractivity contribution in [3.05, 3.63) is 35.1 Å². The molecule has 1 saturated carbocycles. The second kappa shape index (κ2) is 4.84. The molecule has 0 unspecified atom stereocenters. The number of hydrogen-bond donors (Lipinski definition) is 0. The molecule has 2 rings (SSSR count). The van der Waals surface area contributed by atoms with Crippen molar-refractivity contribution in [2.45, 2.75) is 43.7 Å². The molecule has 0 amide bonds. The molecule has 1 aliphatic carbocycles. The molecule has 0 aromatic heterocycles. The van der Waals surface area contributed by atoms with Gasteiger partial charge in [-0.1, -0.05) is 25.3 Å². The van der Waals surface area contributed by atoms with Crippen LogP contribution >= 0.6 is 0 Å². The number of nitriles is 1. The van der Waals surface area contributed by atoms with Gasteiger partial charge in [0.2, 0.25) is 0 Å². The molecule has 0 aliphatic heterocycles. The van der Waals surface area contributed by atoms with E-state index in [-0.39, 0.29) is 5.56 Å². The van der Waals surface area contributed by atoms with Crippen LogP contribution in [-0.2, 0) is 11.6 Å². The highest BCUT2D eigenvalue weighted by molar-refractivity contribution is 5.37. The highest BCUT2D eigenvalue weighted by Crippen LogP contribution is 2.41. The summed E-state index contributed by atoms with van der Waals surface area (Å²) in [5, 5.41) is 9.33. The van der Waals surface area contributed by atoms with Crippen LogP contribution in [0.4, 0.5) is 17.6 Å². The molecule has 1 nitrogen and oxygen atoms in total. The Morgan fingerprint density at radius 3 is 2.26 bits per heavy atom. The summed E-state index contributed by atoms with van der Waals surface area (Å²) in [6.45, 7) is 0. The summed E-state index contributed by atoms with van der Waals surface area (Å²) in [5.74, 6) is -1.29. The Bertz CT molecular complexity index is 507. The van der Waals surface area contributed by atoms with Crippen molar-refractivity contribution in [2.24, 2.45) is 0 Å². The Morgan fingerprint density at radius 1 is 1.11 bits per heavy atom. The van der Waals surface area contributed by atoms with E-state index in [1.807, 2.05) is 0 Å². The Morgan fingerprint density at radius 2 is 1.74 bits per heavy atom. The molecule has 1 aromatic carbocycles. The van der Waals surface area contributed by atoms with Crippen LogP contribution in [0.3, 0.4) is 0 Å². The number of alkyl halides is 3. The first kappa shape index (κ1) is 13.9. The summed E-state index contributed by atoms with van der Waals surface area (Å²) in [5.41, 5.74) is -1.90. The lowest BCUT2D eigenvalue weighted by Gasteiger charge is -2.31. The summed E-state index contributed by atoms with van der Waals surface area (Å²) >= 11 is 0. The Balaban J connectivity index is 2.48. The normalized spacial score (nSPS) is 18.9. The van der Waals surface area contributed by atoms with Crippen LogP contribution < -0.4 is 0 Å². The minimum absolute atomic E-state index is 0.281. The summed E-state index contributed by atoms with van der Waals surface area (Å²) in [4.78, 5) is 0. The van der Waals surface area contributed by atoms with Crippen molar-refractivity contribution in [1.82, 2.24) is 0 Å². The van der Waals surface area contributed by atoms with Crippen molar-refractivity contribution in [2.75, 3.05) is 0 Å². The van der Waals surface area contributed by atoms with E-state index in [9.17, 15) is 22.8 Å². The van der Waals surface area contributed by atoms with Gasteiger partial charge in [0.1, 0.15) is 5.82 Å². The second-order valence-electron chi connectivity index (χ2n) is 4.95. The molecule has 5 heteroatoms. The van der Waals surface area contributed by atoms with Crippen molar-refractivity contribution in [3.63, 3.8) is 0 Å². The quantitative estimate of drug-likeness (QED) is 0.686. The molecule has 0 spiro atoms. The van der Waals surface area contributed by atoms with E-state index in [4.69, 9.17) is 0 Å². The Labute approximate surface area is 108 Å². The predicted molar refractivity (Wildman–Crippen MR) is 61.8 cm³/mol. The number of hydrogen-bond acceptors (Lipinski definition) is 1. The van der Waals surface area contributed by atoms with Crippen LogP contribution in [0.1, 0.15) is 43.2 Å². The third-order valence-corrected chi connectivity index (χ3v) is 3.75. The maximum absolute atomic E-state index is 13.3. The van der Waals surface area contributed by atoms with Gasteiger partial charge in [0.15, 0.2) is 0 Å². The predicted octanol–water partition coefficient (Wildman–Crippen LogP) is 4.57. The maximum Gasteiger partial charge on any atom is 0.419 e. The van der Waals surface area contributed by atoms with Crippen LogP contribution in [0.25, 0.3) is 0 Å². The number of rotatable bonds is 1. The van der Waals surface area contributed by atoms with Gasteiger partial charge in [-0.3, -0.25) is 0 Å². The molecular weight excluding hydrogens is 258 g/mol. The molecule has 1 aromatic rings. The molecule has 1 fully saturated rings. The third-order valence-electron chi connectivity index (χ3n) is 3.75. The molecule has 0 atom stereocenters. The van der Waals surface area contributed by atoms with Crippen molar-refractivity contribution >= 4 is 0 Å². The van der Waals surface area contributed by atoms with Gasteiger partial charge < -0.3 is 0 Å². The van der Waals surface area contributed by atoms with E-state index in [2.05, 4.69) is 6.07 Å². The number of benzene rings is 1. The first-order valence-corrected chi connectivity index (χ1v) is 6.17. The molecule has 0 heterocycles. The van der Waals surface area contributed by atoms with Crippen molar-refractivity contribution in [3.8, 4) is 6.07 Å². The fourth-order valence-corrected chi connectivity index (χ4v) is 2.66. The minimum atomic E-state index is -4.73. The largest absolute Gasteiger partial charge is 0.419 e. The zero-order valence-electron chi connectivity index (χ0n) is 10.2. The van der Waals surface area contributed by atoms with Gasteiger partial charge >= 0.3 is 6.18 Å². The van der Waals surface area contributed by atoms with Crippen LogP contribution in [-0.4, -0.2) is 0 Å². The van der Waals surface area contributed by atoms with Gasteiger partial charge in [-0.05, 0) is 30.5 Å². The van der Waals surface area contributed by atoms with E-state index in [0.29, 0.717) is 12.8 Å². The zero-order chi connectivity index (χ0) is 14.1. The zero-order valence-corrected chi connectivity index (χ0v) is 10.2. The molecule has 0 saturated heterocycles. The highest BCUT2D eigenvalue weighted by Gasteiger charge is 2.39. The SMILES string of the molecule is N#CC1(c2ccc(F)c(C(F)(F)F)c2)CCCCC1. The lowest BCUT2D eigenvalue weighted by molar-refractivity contribution is -0.140. The third kappa shape index (κ3) is 2.58. The van der Waals surface area contributed by atoms with Gasteiger partial charge in [0.05, 0.1) is 17.0 Å². The monoisotopic (exact) mass is 271 g/mol. The van der Waals surface area contributed by atoms with E-state index in [1.165, 1.54) is 6.07 Å². The molecular formula is C14H13F4N. The fraction of sp³-hybridized carbons (Fsp3) is 0.500. The van der Waals surface area contributed by atoms with Crippen LogP contribution in [0.2, 0.25) is 0 Å². The van der Waals surface area contributed by atoms with Crippen molar-refractivity contribution in [1.29, 1.82) is 5.26 Å². The highest BCUT2D eigenvalue weighted by atomic mass is 19.4. The van der Waals surface area contributed by atoms with E-state index in [0.717, 1.165) is 31.4 Å². The standard InChI is InChI=1S/C14H13F4N/c15-12-5-4-10(8-11(12)14(16,17)18)13(9-19)6-2-1-3-7-13/h4-5,8H,1-3,6-7H2. The molecule has 19 heavy (non-hydrogen) atoms. The topological polar surface area (TPSA) is 23.8 Å². The summed E-state index contributed by atoms with van der Waals surface area (Å²) < 4.78 is 51.4. The van der Waals surface area contributed by atoms with Gasteiger partial charge in [-0.15, -0.1) is 0 Å². The lowest BCUT2D eigenvalue weighted by atomic mass is 9.70. The van der Waals surface area contributed by atoms with E-state index in [1.54, 1.807) is 0 Å². The molecule has 0 N–H and O–H groups in total. The van der Waals surface area contributed by atoms with Gasteiger partial charge in [-0.25, -0.2) is 4.39 Å². The first-order valence-electron chi connectivity index (χ1n) is 6.17. The van der Waals surface area contributed by atoms with Crippen LogP contribution in [0.15, 0.2) is 18.2 Å². The number of nitrogens with zero attached hydrogens (tertiary/aromatic N) is 1. The average Bonchev–Trinajstić information content (AvgIpc) is 2.38. The fourth-order valence-electron chi connectivity index (χ4n) is 2.66. The van der Waals surface area contributed by atoms with Gasteiger partial charge in [-0.2, -0.15) is 18.4 Å². The van der Waals surface area contributed by atoms with Gasteiger partial charge in [0.25, 0.3) is 0 Å². The molecule has 0 radical (unpaired) electrons. The second-order valence-corrected chi connectivity index (χ2v) is 4.95. The smallest absolute Gasteiger partial charge is 0.206 e. The van der Waals surface area contributed by atoms with Crippen LogP contribution in [0.5, 0.6) is 0 Å². The van der Waals surface area contributed by atoms with E-state index < -0.39 is 23.0 Å². The minimum Gasteiger partial charge on any atom is -0.206 e. The summed E-state index contributed by atoms with van der Waals surface area (Å²) in [6.07, 6.45) is -1.06. The van der Waals surface area contributed by atoms with Crippen molar-refractivity contribution < 1.29 is 17.6 Å². The van der Waals surface area contributed by atoms with Crippen LogP contribution in [0, 0.1) is 17.1 Å². The number of halogens is 4. The van der Waals surface area contributed by atoms with E-state index >= 15 is 0 Å². The molecule has 0 bridgehead atoms. The maximum atomic E-state index is 13.3. The summed E-state index contributed by atoms with van der Waals surface area (Å²) in [6, 6.07) is 5.05. The average molecular weight is 271 g/mol.